The molecular weight excluding hydrogens is 341 g/mol. The van der Waals surface area contributed by atoms with Crippen molar-refractivity contribution in [3.05, 3.63) is 19.9 Å². The number of amides is 1. The molecule has 1 N–H and O–H groups in total. The minimum absolute atomic E-state index is 0.250. The first-order chi connectivity index (χ1) is 7.54. The molecule has 1 unspecified atom stereocenters. The highest BCUT2D eigenvalue weighted by molar-refractivity contribution is 14.1. The molecule has 0 spiro atoms. The highest BCUT2D eigenvalue weighted by Gasteiger charge is 2.17. The number of carbonyl (C=O) groups is 2. The maximum absolute atomic E-state index is 11.7. The topological polar surface area (TPSA) is 55.4 Å². The van der Waals surface area contributed by atoms with Crippen LogP contribution >= 0.6 is 33.9 Å². The fourth-order valence-corrected chi connectivity index (χ4v) is 2.36. The van der Waals surface area contributed by atoms with Gasteiger partial charge in [0.25, 0.3) is 5.91 Å². The van der Waals surface area contributed by atoms with Crippen LogP contribution in [0.3, 0.4) is 0 Å². The Hall–Kier alpha value is -0.630. The molecule has 0 aliphatic rings. The number of hydrogen-bond donors (Lipinski definition) is 1. The number of hydrogen-bond acceptors (Lipinski definition) is 4. The Balaban J connectivity index is 2.54. The van der Waals surface area contributed by atoms with E-state index in [4.69, 9.17) is 4.74 Å². The van der Waals surface area contributed by atoms with E-state index in [9.17, 15) is 9.59 Å². The van der Waals surface area contributed by atoms with Crippen LogP contribution in [0.4, 0.5) is 0 Å². The zero-order valence-corrected chi connectivity index (χ0v) is 11.9. The number of thiophene rings is 1. The second-order valence-electron chi connectivity index (χ2n) is 3.09. The SMILES string of the molecule is CCOC(=O)C(C)NC(=O)c1csc(I)c1. The molecule has 16 heavy (non-hydrogen) atoms. The van der Waals surface area contributed by atoms with E-state index < -0.39 is 12.0 Å². The van der Waals surface area contributed by atoms with Crippen LogP contribution in [-0.2, 0) is 9.53 Å². The van der Waals surface area contributed by atoms with E-state index in [1.807, 2.05) is 0 Å². The van der Waals surface area contributed by atoms with Crippen LogP contribution in [0.5, 0.6) is 0 Å². The maximum atomic E-state index is 11.7. The van der Waals surface area contributed by atoms with Crippen LogP contribution in [0.2, 0.25) is 0 Å². The molecule has 1 amide bonds. The molecule has 0 saturated carbocycles. The van der Waals surface area contributed by atoms with E-state index in [0.717, 1.165) is 2.88 Å². The Kier molecular flexibility index (Phi) is 5.20. The first-order valence-corrected chi connectivity index (χ1v) is 6.72. The van der Waals surface area contributed by atoms with Gasteiger partial charge in [-0.2, -0.15) is 0 Å². The predicted molar refractivity (Wildman–Crippen MR) is 70.6 cm³/mol. The summed E-state index contributed by atoms with van der Waals surface area (Å²) in [6.07, 6.45) is 0. The van der Waals surface area contributed by atoms with Crippen LogP contribution in [0, 0.1) is 2.88 Å². The Bertz CT molecular complexity index is 391. The number of ether oxygens (including phenoxy) is 1. The minimum atomic E-state index is -0.620. The van der Waals surface area contributed by atoms with Gasteiger partial charge in [-0.15, -0.1) is 11.3 Å². The lowest BCUT2D eigenvalue weighted by atomic mass is 10.3. The molecule has 1 aromatic rings. The molecule has 0 saturated heterocycles. The molecule has 0 bridgehead atoms. The molecule has 1 aromatic heterocycles. The Labute approximate surface area is 112 Å². The van der Waals surface area contributed by atoms with Gasteiger partial charge in [0.05, 0.1) is 15.1 Å². The van der Waals surface area contributed by atoms with E-state index >= 15 is 0 Å². The van der Waals surface area contributed by atoms with Crippen molar-refractivity contribution in [1.29, 1.82) is 0 Å². The molecule has 0 aliphatic carbocycles. The van der Waals surface area contributed by atoms with Crippen LogP contribution in [0.25, 0.3) is 0 Å². The van der Waals surface area contributed by atoms with E-state index in [2.05, 4.69) is 27.9 Å². The fraction of sp³-hybridized carbons (Fsp3) is 0.400. The molecule has 4 nitrogen and oxygen atoms in total. The highest BCUT2D eigenvalue weighted by atomic mass is 127. The third kappa shape index (κ3) is 3.75. The van der Waals surface area contributed by atoms with Crippen molar-refractivity contribution < 1.29 is 14.3 Å². The zero-order chi connectivity index (χ0) is 12.1. The fourth-order valence-electron chi connectivity index (χ4n) is 1.04. The number of rotatable bonds is 4. The third-order valence-electron chi connectivity index (χ3n) is 1.82. The van der Waals surface area contributed by atoms with Gasteiger partial charge < -0.3 is 10.1 Å². The predicted octanol–water partition coefficient (Wildman–Crippen LogP) is 2.03. The van der Waals surface area contributed by atoms with Gasteiger partial charge in [-0.1, -0.05) is 0 Å². The van der Waals surface area contributed by atoms with Crippen LogP contribution in [0.15, 0.2) is 11.4 Å². The first kappa shape index (κ1) is 13.4. The summed E-state index contributed by atoms with van der Waals surface area (Å²) in [6.45, 7) is 3.65. The van der Waals surface area contributed by atoms with E-state index in [-0.39, 0.29) is 5.91 Å². The average Bonchev–Trinajstić information content (AvgIpc) is 2.65. The highest BCUT2D eigenvalue weighted by Crippen LogP contribution is 2.16. The van der Waals surface area contributed by atoms with Crippen LogP contribution < -0.4 is 5.32 Å². The van der Waals surface area contributed by atoms with Crippen molar-refractivity contribution in [2.45, 2.75) is 19.9 Å². The van der Waals surface area contributed by atoms with E-state index in [1.54, 1.807) is 25.3 Å². The summed E-state index contributed by atoms with van der Waals surface area (Å²) < 4.78 is 5.83. The van der Waals surface area contributed by atoms with Crippen molar-refractivity contribution in [3.8, 4) is 0 Å². The van der Waals surface area contributed by atoms with Gasteiger partial charge in [-0.05, 0) is 42.5 Å². The summed E-state index contributed by atoms with van der Waals surface area (Å²) in [4.78, 5) is 22.9. The second-order valence-corrected chi connectivity index (χ2v) is 5.89. The quantitative estimate of drug-likeness (QED) is 0.666. The minimum Gasteiger partial charge on any atom is -0.464 e. The monoisotopic (exact) mass is 353 g/mol. The lowest BCUT2D eigenvalue weighted by Crippen LogP contribution is -2.39. The molecular formula is C10H12INO3S. The summed E-state index contributed by atoms with van der Waals surface area (Å²) in [5, 5.41) is 4.34. The Morgan fingerprint density at radius 2 is 2.31 bits per heavy atom. The Morgan fingerprint density at radius 3 is 2.81 bits per heavy atom. The normalized spacial score (nSPS) is 11.9. The van der Waals surface area contributed by atoms with Crippen molar-refractivity contribution in [2.24, 2.45) is 0 Å². The standard InChI is InChI=1S/C10H12INO3S/c1-3-15-10(14)6(2)12-9(13)7-4-8(11)16-5-7/h4-6H,3H2,1-2H3,(H,12,13). The molecule has 0 aromatic carbocycles. The number of nitrogens with one attached hydrogen (secondary N) is 1. The maximum Gasteiger partial charge on any atom is 0.328 e. The van der Waals surface area contributed by atoms with E-state index in [1.165, 1.54) is 11.3 Å². The van der Waals surface area contributed by atoms with Crippen molar-refractivity contribution >= 4 is 45.8 Å². The summed E-state index contributed by atoms with van der Waals surface area (Å²) >= 11 is 3.63. The molecule has 88 valence electrons. The van der Waals surface area contributed by atoms with Crippen molar-refractivity contribution in [1.82, 2.24) is 5.32 Å². The molecule has 1 rings (SSSR count). The number of carbonyl (C=O) groups excluding carboxylic acids is 2. The molecule has 1 heterocycles. The Morgan fingerprint density at radius 1 is 1.62 bits per heavy atom. The average molecular weight is 353 g/mol. The van der Waals surface area contributed by atoms with Gasteiger partial charge in [-0.25, -0.2) is 4.79 Å². The second kappa shape index (κ2) is 6.19. The van der Waals surface area contributed by atoms with E-state index in [0.29, 0.717) is 12.2 Å². The third-order valence-corrected chi connectivity index (χ3v) is 3.61. The van der Waals surface area contributed by atoms with Crippen molar-refractivity contribution in [3.63, 3.8) is 0 Å². The van der Waals surface area contributed by atoms with Gasteiger partial charge in [0.1, 0.15) is 6.04 Å². The molecule has 0 aliphatic heterocycles. The van der Waals surface area contributed by atoms with Crippen LogP contribution in [-0.4, -0.2) is 24.5 Å². The van der Waals surface area contributed by atoms with Gasteiger partial charge in [-0.3, -0.25) is 4.79 Å². The number of halogens is 1. The zero-order valence-electron chi connectivity index (χ0n) is 8.95. The molecule has 6 heteroatoms. The first-order valence-electron chi connectivity index (χ1n) is 4.76. The van der Waals surface area contributed by atoms with Gasteiger partial charge >= 0.3 is 5.97 Å². The molecule has 0 radical (unpaired) electrons. The largest absolute Gasteiger partial charge is 0.464 e. The lowest BCUT2D eigenvalue weighted by molar-refractivity contribution is -0.144. The summed E-state index contributed by atoms with van der Waals surface area (Å²) in [6, 6.07) is 1.16. The van der Waals surface area contributed by atoms with Gasteiger partial charge in [0.15, 0.2) is 0 Å². The number of esters is 1. The van der Waals surface area contributed by atoms with Gasteiger partial charge in [0.2, 0.25) is 0 Å². The summed E-state index contributed by atoms with van der Waals surface area (Å²) in [5.74, 6) is -0.666. The molecule has 1 atom stereocenters. The lowest BCUT2D eigenvalue weighted by Gasteiger charge is -2.11. The van der Waals surface area contributed by atoms with Crippen LogP contribution in [0.1, 0.15) is 24.2 Å². The summed E-state index contributed by atoms with van der Waals surface area (Å²) in [7, 11) is 0. The smallest absolute Gasteiger partial charge is 0.328 e. The summed E-state index contributed by atoms with van der Waals surface area (Å²) in [5.41, 5.74) is 0.575. The van der Waals surface area contributed by atoms with Crippen molar-refractivity contribution in [2.75, 3.05) is 6.61 Å². The molecule has 0 fully saturated rings. The van der Waals surface area contributed by atoms with Gasteiger partial charge in [0, 0.05) is 5.38 Å².